The third-order valence-electron chi connectivity index (χ3n) is 3.14. The minimum atomic E-state index is 0.312. The molecule has 5 heteroatoms. The maximum absolute atomic E-state index is 4.76. The maximum Gasteiger partial charge on any atom is 0.127 e. The van der Waals surface area contributed by atoms with Crippen LogP contribution in [0.5, 0.6) is 0 Å². The number of aromatic nitrogens is 3. The largest absolute Gasteiger partial charge is 0.309 e. The van der Waals surface area contributed by atoms with Gasteiger partial charge in [0.1, 0.15) is 5.01 Å². The third kappa shape index (κ3) is 3.22. The lowest BCUT2D eigenvalue weighted by Crippen LogP contribution is -2.19. The molecule has 0 aliphatic carbocycles. The predicted octanol–water partition coefficient (Wildman–Crippen LogP) is 3.17. The Balaban J connectivity index is 2.20. The standard InChI is InChI=1S/C14H22N4S/c1-5-7-15-10(3)13-9-19-14(16-13)11-8-18(4)17-12(11)6-2/h8-10,15H,5-7H2,1-4H3. The van der Waals surface area contributed by atoms with E-state index in [1.165, 1.54) is 5.56 Å². The van der Waals surface area contributed by atoms with E-state index >= 15 is 0 Å². The van der Waals surface area contributed by atoms with Crippen LogP contribution in [0.1, 0.15) is 44.6 Å². The van der Waals surface area contributed by atoms with Crippen molar-refractivity contribution in [3.8, 4) is 10.6 Å². The molecule has 104 valence electrons. The van der Waals surface area contributed by atoms with Crippen molar-refractivity contribution in [2.45, 2.75) is 39.7 Å². The highest BCUT2D eigenvalue weighted by atomic mass is 32.1. The fraction of sp³-hybridized carbons (Fsp3) is 0.571. The lowest BCUT2D eigenvalue weighted by Gasteiger charge is -2.09. The van der Waals surface area contributed by atoms with Gasteiger partial charge < -0.3 is 5.32 Å². The zero-order valence-electron chi connectivity index (χ0n) is 12.1. The topological polar surface area (TPSA) is 42.7 Å². The Kier molecular flexibility index (Phi) is 4.71. The molecule has 0 spiro atoms. The number of aryl methyl sites for hydroxylation is 2. The van der Waals surface area contributed by atoms with Crippen LogP contribution in [0, 0.1) is 0 Å². The molecule has 1 atom stereocenters. The van der Waals surface area contributed by atoms with Crippen LogP contribution in [0.3, 0.4) is 0 Å². The van der Waals surface area contributed by atoms with Gasteiger partial charge in [0.25, 0.3) is 0 Å². The van der Waals surface area contributed by atoms with Gasteiger partial charge in [-0.25, -0.2) is 4.98 Å². The molecule has 2 aromatic heterocycles. The first-order valence-electron chi connectivity index (χ1n) is 6.87. The first-order valence-corrected chi connectivity index (χ1v) is 7.75. The summed E-state index contributed by atoms with van der Waals surface area (Å²) in [5.74, 6) is 0. The van der Waals surface area contributed by atoms with Crippen molar-refractivity contribution in [2.75, 3.05) is 6.54 Å². The fourth-order valence-corrected chi connectivity index (χ4v) is 2.99. The molecule has 2 aromatic rings. The van der Waals surface area contributed by atoms with Gasteiger partial charge in [0.05, 0.1) is 17.0 Å². The van der Waals surface area contributed by atoms with Gasteiger partial charge in [-0.2, -0.15) is 5.10 Å². The summed E-state index contributed by atoms with van der Waals surface area (Å²) in [6.45, 7) is 7.50. The second-order valence-corrected chi connectivity index (χ2v) is 5.63. The van der Waals surface area contributed by atoms with E-state index < -0.39 is 0 Å². The Bertz CT molecular complexity index is 529. The molecule has 0 bridgehead atoms. The number of nitrogens with one attached hydrogen (secondary N) is 1. The summed E-state index contributed by atoms with van der Waals surface area (Å²) in [6.07, 6.45) is 4.14. The van der Waals surface area contributed by atoms with Crippen molar-refractivity contribution in [3.05, 3.63) is 23.0 Å². The molecule has 4 nitrogen and oxygen atoms in total. The van der Waals surface area contributed by atoms with Crippen LogP contribution in [-0.2, 0) is 13.5 Å². The fourth-order valence-electron chi connectivity index (χ4n) is 2.05. The summed E-state index contributed by atoms with van der Waals surface area (Å²) >= 11 is 1.70. The molecule has 2 heterocycles. The van der Waals surface area contributed by atoms with Crippen molar-refractivity contribution in [2.24, 2.45) is 7.05 Å². The third-order valence-corrected chi connectivity index (χ3v) is 4.03. The monoisotopic (exact) mass is 278 g/mol. The lowest BCUT2D eigenvalue weighted by atomic mass is 10.2. The zero-order valence-corrected chi connectivity index (χ0v) is 12.9. The van der Waals surface area contributed by atoms with Gasteiger partial charge in [0.15, 0.2) is 0 Å². The number of nitrogens with zero attached hydrogens (tertiary/aromatic N) is 3. The molecule has 0 fully saturated rings. The van der Waals surface area contributed by atoms with Crippen LogP contribution >= 0.6 is 11.3 Å². The van der Waals surface area contributed by atoms with Gasteiger partial charge in [-0.05, 0) is 26.3 Å². The van der Waals surface area contributed by atoms with Crippen LogP contribution in [0.2, 0.25) is 0 Å². The number of hydrogen-bond acceptors (Lipinski definition) is 4. The Morgan fingerprint density at radius 2 is 2.21 bits per heavy atom. The molecule has 1 N–H and O–H groups in total. The molecular formula is C14H22N4S. The average Bonchev–Trinajstić information content (AvgIpc) is 3.01. The molecule has 19 heavy (non-hydrogen) atoms. The summed E-state index contributed by atoms with van der Waals surface area (Å²) in [6, 6.07) is 0.312. The summed E-state index contributed by atoms with van der Waals surface area (Å²) in [5, 5.41) is 11.2. The Hall–Kier alpha value is -1.20. The Labute approximate surface area is 118 Å². The highest BCUT2D eigenvalue weighted by molar-refractivity contribution is 7.13. The Morgan fingerprint density at radius 3 is 2.89 bits per heavy atom. The van der Waals surface area contributed by atoms with Gasteiger partial charge in [-0.1, -0.05) is 13.8 Å². The van der Waals surface area contributed by atoms with E-state index in [0.717, 1.165) is 35.8 Å². The summed E-state index contributed by atoms with van der Waals surface area (Å²) in [7, 11) is 1.96. The normalized spacial score (nSPS) is 12.8. The molecule has 0 amide bonds. The Morgan fingerprint density at radius 1 is 1.42 bits per heavy atom. The molecule has 0 aliphatic rings. The summed E-state index contributed by atoms with van der Waals surface area (Å²) in [5.41, 5.74) is 3.42. The molecule has 2 rings (SSSR count). The van der Waals surface area contributed by atoms with E-state index in [1.807, 2.05) is 11.7 Å². The van der Waals surface area contributed by atoms with Crippen LogP contribution in [0.25, 0.3) is 10.6 Å². The number of hydrogen-bond donors (Lipinski definition) is 1. The minimum Gasteiger partial charge on any atom is -0.309 e. The maximum atomic E-state index is 4.76. The molecule has 0 aromatic carbocycles. The summed E-state index contributed by atoms with van der Waals surface area (Å²) < 4.78 is 1.87. The number of thiazole rings is 1. The lowest BCUT2D eigenvalue weighted by molar-refractivity contribution is 0.561. The SMILES string of the molecule is CCCNC(C)c1csc(-c2cn(C)nc2CC)n1. The van der Waals surface area contributed by atoms with Gasteiger partial charge in [0, 0.05) is 24.7 Å². The first-order chi connectivity index (χ1) is 9.15. The van der Waals surface area contributed by atoms with Gasteiger partial charge in [-0.15, -0.1) is 11.3 Å². The smallest absolute Gasteiger partial charge is 0.127 e. The van der Waals surface area contributed by atoms with Gasteiger partial charge in [-0.3, -0.25) is 4.68 Å². The van der Waals surface area contributed by atoms with E-state index in [4.69, 9.17) is 4.98 Å². The molecular weight excluding hydrogens is 256 g/mol. The highest BCUT2D eigenvalue weighted by Crippen LogP contribution is 2.28. The van der Waals surface area contributed by atoms with Gasteiger partial charge >= 0.3 is 0 Å². The van der Waals surface area contributed by atoms with Crippen molar-refractivity contribution >= 4 is 11.3 Å². The van der Waals surface area contributed by atoms with Crippen LogP contribution in [0.4, 0.5) is 0 Å². The van der Waals surface area contributed by atoms with E-state index in [0.29, 0.717) is 6.04 Å². The van der Waals surface area contributed by atoms with E-state index in [-0.39, 0.29) is 0 Å². The van der Waals surface area contributed by atoms with Crippen molar-refractivity contribution in [3.63, 3.8) is 0 Å². The van der Waals surface area contributed by atoms with E-state index in [2.05, 4.69) is 42.8 Å². The molecule has 0 radical (unpaired) electrons. The van der Waals surface area contributed by atoms with Crippen molar-refractivity contribution < 1.29 is 0 Å². The molecule has 0 aliphatic heterocycles. The molecule has 0 saturated carbocycles. The van der Waals surface area contributed by atoms with Crippen molar-refractivity contribution in [1.82, 2.24) is 20.1 Å². The highest BCUT2D eigenvalue weighted by Gasteiger charge is 2.14. The second kappa shape index (κ2) is 6.30. The quantitative estimate of drug-likeness (QED) is 0.882. The average molecular weight is 278 g/mol. The van der Waals surface area contributed by atoms with Crippen molar-refractivity contribution in [1.29, 1.82) is 0 Å². The van der Waals surface area contributed by atoms with Crippen LogP contribution < -0.4 is 5.32 Å². The summed E-state index contributed by atoms with van der Waals surface area (Å²) in [4.78, 5) is 4.76. The predicted molar refractivity (Wildman–Crippen MR) is 80.4 cm³/mol. The molecule has 0 saturated heterocycles. The zero-order chi connectivity index (χ0) is 13.8. The van der Waals surface area contributed by atoms with E-state index in [9.17, 15) is 0 Å². The minimum absolute atomic E-state index is 0.312. The van der Waals surface area contributed by atoms with E-state index in [1.54, 1.807) is 11.3 Å². The van der Waals surface area contributed by atoms with Crippen LogP contribution in [-0.4, -0.2) is 21.3 Å². The van der Waals surface area contributed by atoms with Gasteiger partial charge in [0.2, 0.25) is 0 Å². The van der Waals surface area contributed by atoms with Crippen LogP contribution in [0.15, 0.2) is 11.6 Å². The molecule has 1 unspecified atom stereocenters. The number of rotatable bonds is 6. The second-order valence-electron chi connectivity index (χ2n) is 4.77. The first kappa shape index (κ1) is 14.2.